The molecule has 0 fully saturated rings. The van der Waals surface area contributed by atoms with Gasteiger partial charge in [0.05, 0.1) is 12.3 Å². The normalized spacial score (nSPS) is 10.6. The van der Waals surface area contributed by atoms with E-state index in [1.54, 1.807) is 11.8 Å². The number of hydrogen-bond acceptors (Lipinski definition) is 4. The summed E-state index contributed by atoms with van der Waals surface area (Å²) in [4.78, 5) is 9.05. The number of aromatic nitrogens is 2. The molecule has 0 amide bonds. The Kier molecular flexibility index (Phi) is 5.36. The Morgan fingerprint density at radius 2 is 1.95 bits per heavy atom. The number of benzene rings is 1. The maximum Gasteiger partial charge on any atom is 0.188 e. The number of thioether (sulfide) groups is 1. The number of nitrogens with zero attached hydrogens (tertiary/aromatic N) is 2. The number of hydrogen-bond donors (Lipinski definition) is 0. The summed E-state index contributed by atoms with van der Waals surface area (Å²) in [6, 6.07) is 12.2. The summed E-state index contributed by atoms with van der Waals surface area (Å²) in [6.07, 6.45) is 0. The Morgan fingerprint density at radius 3 is 2.68 bits per heavy atom. The van der Waals surface area contributed by atoms with Crippen LogP contribution in [0.5, 0.6) is 0 Å². The summed E-state index contributed by atoms with van der Waals surface area (Å²) in [5.74, 6) is 0.880. The first-order valence-electron chi connectivity index (χ1n) is 6.41. The Morgan fingerprint density at radius 1 is 1.16 bits per heavy atom. The lowest BCUT2D eigenvalue weighted by atomic mass is 10.1. The van der Waals surface area contributed by atoms with Gasteiger partial charge in [-0.05, 0) is 19.9 Å². The van der Waals surface area contributed by atoms with Crippen molar-refractivity contribution in [3.05, 3.63) is 42.1 Å². The molecule has 0 radical (unpaired) electrons. The topological polar surface area (TPSA) is 35.0 Å². The minimum absolute atomic E-state index is 0.735. The molecule has 0 unspecified atom stereocenters. The predicted octanol–water partition coefficient (Wildman–Crippen LogP) is 3.58. The van der Waals surface area contributed by atoms with E-state index in [4.69, 9.17) is 4.74 Å². The van der Waals surface area contributed by atoms with Gasteiger partial charge in [0, 0.05) is 23.6 Å². The van der Waals surface area contributed by atoms with Gasteiger partial charge in [-0.15, -0.1) is 0 Å². The molecule has 0 aliphatic carbocycles. The lowest BCUT2D eigenvalue weighted by molar-refractivity contribution is 0.164. The molecule has 100 valence electrons. The maximum atomic E-state index is 5.32. The molecule has 2 rings (SSSR count). The van der Waals surface area contributed by atoms with E-state index in [-0.39, 0.29) is 0 Å². The average Bonchev–Trinajstić information content (AvgIpc) is 2.44. The van der Waals surface area contributed by atoms with E-state index in [1.165, 1.54) is 0 Å². The summed E-state index contributed by atoms with van der Waals surface area (Å²) < 4.78 is 5.32. The third-order valence-corrected chi connectivity index (χ3v) is 3.38. The summed E-state index contributed by atoms with van der Waals surface area (Å²) in [6.45, 7) is 5.49. The molecule has 19 heavy (non-hydrogen) atoms. The van der Waals surface area contributed by atoms with E-state index in [9.17, 15) is 0 Å². The van der Waals surface area contributed by atoms with Crippen LogP contribution in [-0.4, -0.2) is 28.9 Å². The quantitative estimate of drug-likeness (QED) is 0.458. The van der Waals surface area contributed by atoms with Gasteiger partial charge < -0.3 is 4.74 Å². The molecule has 0 bridgehead atoms. The Bertz CT molecular complexity index is 517. The molecule has 4 heteroatoms. The number of aryl methyl sites for hydroxylation is 1. The van der Waals surface area contributed by atoms with Crippen molar-refractivity contribution < 1.29 is 4.74 Å². The van der Waals surface area contributed by atoms with E-state index in [0.717, 1.165) is 41.1 Å². The zero-order valence-corrected chi connectivity index (χ0v) is 12.1. The van der Waals surface area contributed by atoms with Crippen LogP contribution in [-0.2, 0) is 4.74 Å². The van der Waals surface area contributed by atoms with Crippen LogP contribution in [0, 0.1) is 6.92 Å². The molecule has 0 atom stereocenters. The van der Waals surface area contributed by atoms with Crippen LogP contribution in [0.1, 0.15) is 12.6 Å². The lowest BCUT2D eigenvalue weighted by Crippen LogP contribution is -1.99. The monoisotopic (exact) mass is 274 g/mol. The fraction of sp³-hybridized carbons (Fsp3) is 0.333. The second kappa shape index (κ2) is 7.26. The van der Waals surface area contributed by atoms with Crippen LogP contribution in [0.3, 0.4) is 0 Å². The second-order valence-electron chi connectivity index (χ2n) is 4.09. The molecule has 2 aromatic rings. The first kappa shape index (κ1) is 14.0. The van der Waals surface area contributed by atoms with Crippen LogP contribution < -0.4 is 0 Å². The van der Waals surface area contributed by atoms with Crippen molar-refractivity contribution in [2.75, 3.05) is 19.0 Å². The van der Waals surface area contributed by atoms with Crippen molar-refractivity contribution in [2.24, 2.45) is 0 Å². The van der Waals surface area contributed by atoms with E-state index in [2.05, 4.69) is 22.1 Å². The van der Waals surface area contributed by atoms with Gasteiger partial charge >= 0.3 is 0 Å². The standard InChI is InChI=1S/C15H18N2OS/c1-3-18-9-10-19-15-16-12(2)11-14(17-15)13-7-5-4-6-8-13/h4-8,11H,3,9-10H2,1-2H3. The van der Waals surface area contributed by atoms with Crippen LogP contribution in [0.2, 0.25) is 0 Å². The van der Waals surface area contributed by atoms with E-state index < -0.39 is 0 Å². The highest BCUT2D eigenvalue weighted by atomic mass is 32.2. The van der Waals surface area contributed by atoms with Crippen molar-refractivity contribution in [3.8, 4) is 11.3 Å². The molecule has 0 spiro atoms. The van der Waals surface area contributed by atoms with Crippen molar-refractivity contribution in [1.82, 2.24) is 9.97 Å². The SMILES string of the molecule is CCOCCSc1nc(C)cc(-c2ccccc2)n1. The van der Waals surface area contributed by atoms with Gasteiger partial charge in [-0.3, -0.25) is 0 Å². The van der Waals surface area contributed by atoms with E-state index in [1.807, 2.05) is 38.1 Å². The smallest absolute Gasteiger partial charge is 0.188 e. The summed E-state index contributed by atoms with van der Waals surface area (Å²) >= 11 is 1.64. The minimum Gasteiger partial charge on any atom is -0.381 e. The zero-order chi connectivity index (χ0) is 13.5. The first-order valence-corrected chi connectivity index (χ1v) is 7.40. The van der Waals surface area contributed by atoms with Gasteiger partial charge in [0.15, 0.2) is 5.16 Å². The highest BCUT2D eigenvalue weighted by Crippen LogP contribution is 2.21. The molecule has 0 saturated heterocycles. The minimum atomic E-state index is 0.735. The fourth-order valence-corrected chi connectivity index (χ4v) is 2.45. The molecular weight excluding hydrogens is 256 g/mol. The van der Waals surface area contributed by atoms with E-state index >= 15 is 0 Å². The lowest BCUT2D eigenvalue weighted by Gasteiger charge is -2.06. The third kappa shape index (κ3) is 4.33. The molecule has 0 aliphatic heterocycles. The van der Waals surface area contributed by atoms with Crippen molar-refractivity contribution in [1.29, 1.82) is 0 Å². The zero-order valence-electron chi connectivity index (χ0n) is 11.3. The van der Waals surface area contributed by atoms with Crippen molar-refractivity contribution in [2.45, 2.75) is 19.0 Å². The van der Waals surface area contributed by atoms with Crippen LogP contribution in [0.15, 0.2) is 41.6 Å². The van der Waals surface area contributed by atoms with E-state index in [0.29, 0.717) is 0 Å². The molecular formula is C15H18N2OS. The summed E-state index contributed by atoms with van der Waals surface area (Å²) in [5.41, 5.74) is 3.10. The van der Waals surface area contributed by atoms with Gasteiger partial charge in [0.25, 0.3) is 0 Å². The molecule has 3 nitrogen and oxygen atoms in total. The molecule has 1 aromatic heterocycles. The second-order valence-corrected chi connectivity index (χ2v) is 5.15. The van der Waals surface area contributed by atoms with Gasteiger partial charge in [0.1, 0.15) is 0 Å². The van der Waals surface area contributed by atoms with Crippen molar-refractivity contribution >= 4 is 11.8 Å². The molecule has 1 aromatic carbocycles. The molecule has 1 heterocycles. The van der Waals surface area contributed by atoms with Gasteiger partial charge in [-0.1, -0.05) is 42.1 Å². The summed E-state index contributed by atoms with van der Waals surface area (Å²) in [5, 5.41) is 0.818. The Labute approximate surface area is 118 Å². The van der Waals surface area contributed by atoms with Gasteiger partial charge in [-0.2, -0.15) is 0 Å². The Hall–Kier alpha value is -1.39. The maximum absolute atomic E-state index is 5.32. The molecule has 0 N–H and O–H groups in total. The molecule has 0 saturated carbocycles. The third-order valence-electron chi connectivity index (χ3n) is 2.57. The average molecular weight is 274 g/mol. The highest BCUT2D eigenvalue weighted by molar-refractivity contribution is 7.99. The van der Waals surface area contributed by atoms with Crippen molar-refractivity contribution in [3.63, 3.8) is 0 Å². The first-order chi connectivity index (χ1) is 9.29. The number of rotatable bonds is 6. The predicted molar refractivity (Wildman–Crippen MR) is 79.4 cm³/mol. The Balaban J connectivity index is 2.11. The van der Waals surface area contributed by atoms with Crippen LogP contribution in [0.4, 0.5) is 0 Å². The molecule has 0 aliphatic rings. The van der Waals surface area contributed by atoms with Crippen LogP contribution >= 0.6 is 11.8 Å². The van der Waals surface area contributed by atoms with Gasteiger partial charge in [0.2, 0.25) is 0 Å². The summed E-state index contributed by atoms with van der Waals surface area (Å²) in [7, 11) is 0. The highest BCUT2D eigenvalue weighted by Gasteiger charge is 2.04. The van der Waals surface area contributed by atoms with Crippen LogP contribution in [0.25, 0.3) is 11.3 Å². The van der Waals surface area contributed by atoms with Gasteiger partial charge in [-0.25, -0.2) is 9.97 Å². The largest absolute Gasteiger partial charge is 0.381 e. The number of ether oxygens (including phenoxy) is 1. The fourth-order valence-electron chi connectivity index (χ4n) is 1.70.